The van der Waals surface area contributed by atoms with Crippen LogP contribution in [-0.2, 0) is 12.6 Å². The van der Waals surface area contributed by atoms with Crippen molar-refractivity contribution in [2.45, 2.75) is 59.2 Å². The first-order valence-electron chi connectivity index (χ1n) is 7.51. The normalized spacial score (nSPS) is 14.2. The lowest BCUT2D eigenvalue weighted by Gasteiger charge is -2.27. The van der Waals surface area contributed by atoms with Crippen LogP contribution in [0.4, 0.5) is 13.2 Å². The summed E-state index contributed by atoms with van der Waals surface area (Å²) in [5, 5.41) is 3.45. The van der Waals surface area contributed by atoms with E-state index in [2.05, 4.69) is 33.0 Å². The summed E-state index contributed by atoms with van der Waals surface area (Å²) < 4.78 is 38.3. The predicted octanol–water partition coefficient (Wildman–Crippen LogP) is 5.05. The Morgan fingerprint density at radius 3 is 2.33 bits per heavy atom. The Bertz CT molecular complexity index is 432. The Morgan fingerprint density at radius 1 is 1.14 bits per heavy atom. The van der Waals surface area contributed by atoms with Gasteiger partial charge in [-0.15, -0.1) is 0 Å². The first-order valence-corrected chi connectivity index (χ1v) is 7.51. The Morgan fingerprint density at radius 2 is 1.81 bits per heavy atom. The maximum Gasteiger partial charge on any atom is 0.416 e. The Hall–Kier alpha value is -1.03. The lowest BCUT2D eigenvalue weighted by molar-refractivity contribution is -0.137. The van der Waals surface area contributed by atoms with Crippen LogP contribution < -0.4 is 5.32 Å². The second kappa shape index (κ2) is 7.30. The second-order valence-corrected chi connectivity index (χ2v) is 6.82. The molecule has 0 spiro atoms. The number of hydrogen-bond acceptors (Lipinski definition) is 1. The van der Waals surface area contributed by atoms with Gasteiger partial charge in [0.1, 0.15) is 0 Å². The number of benzene rings is 1. The molecule has 0 amide bonds. The molecule has 0 aliphatic carbocycles. The third-order valence-electron chi connectivity index (χ3n) is 3.28. The zero-order valence-electron chi connectivity index (χ0n) is 13.3. The molecule has 0 saturated heterocycles. The molecule has 1 unspecified atom stereocenters. The number of rotatable bonds is 6. The smallest absolute Gasteiger partial charge is 0.314 e. The van der Waals surface area contributed by atoms with Crippen LogP contribution in [0, 0.1) is 5.41 Å². The van der Waals surface area contributed by atoms with Crippen LogP contribution in [-0.4, -0.2) is 12.6 Å². The molecule has 4 heteroatoms. The summed E-state index contributed by atoms with van der Waals surface area (Å²) in [6.07, 6.45) is -1.69. The van der Waals surface area contributed by atoms with E-state index < -0.39 is 11.7 Å². The second-order valence-electron chi connectivity index (χ2n) is 6.82. The molecule has 0 aliphatic heterocycles. The Labute approximate surface area is 125 Å². The summed E-state index contributed by atoms with van der Waals surface area (Å²) in [4.78, 5) is 0. The molecular formula is C17H26F3N. The van der Waals surface area contributed by atoms with Crippen LogP contribution in [0.5, 0.6) is 0 Å². The van der Waals surface area contributed by atoms with Crippen molar-refractivity contribution >= 4 is 0 Å². The molecule has 1 aromatic rings. The fourth-order valence-electron chi connectivity index (χ4n) is 2.46. The van der Waals surface area contributed by atoms with Crippen LogP contribution in [0.2, 0.25) is 0 Å². The van der Waals surface area contributed by atoms with Crippen LogP contribution in [0.25, 0.3) is 0 Å². The molecular weight excluding hydrogens is 275 g/mol. The molecule has 1 atom stereocenters. The van der Waals surface area contributed by atoms with E-state index in [4.69, 9.17) is 0 Å². The molecule has 1 N–H and O–H groups in total. The topological polar surface area (TPSA) is 12.0 Å². The van der Waals surface area contributed by atoms with E-state index in [0.29, 0.717) is 6.42 Å². The van der Waals surface area contributed by atoms with Gasteiger partial charge in [-0.1, -0.05) is 45.9 Å². The molecule has 1 rings (SSSR count). The van der Waals surface area contributed by atoms with E-state index in [1.807, 2.05) is 0 Å². The summed E-state index contributed by atoms with van der Waals surface area (Å²) in [5.41, 5.74) is 0.320. The highest BCUT2D eigenvalue weighted by atomic mass is 19.4. The Balaban J connectivity index is 2.82. The highest BCUT2D eigenvalue weighted by molar-refractivity contribution is 5.26. The van der Waals surface area contributed by atoms with Crippen molar-refractivity contribution in [2.24, 2.45) is 5.41 Å². The van der Waals surface area contributed by atoms with E-state index in [9.17, 15) is 13.2 Å². The fraction of sp³-hybridized carbons (Fsp3) is 0.647. The van der Waals surface area contributed by atoms with Crippen LogP contribution in [0.15, 0.2) is 24.3 Å². The molecule has 0 bridgehead atoms. The minimum Gasteiger partial charge on any atom is -0.314 e. The number of halogens is 3. The third kappa shape index (κ3) is 6.98. The van der Waals surface area contributed by atoms with Gasteiger partial charge >= 0.3 is 6.18 Å². The molecule has 0 aromatic heterocycles. The summed E-state index contributed by atoms with van der Waals surface area (Å²) >= 11 is 0. The van der Waals surface area contributed by atoms with E-state index in [1.165, 1.54) is 12.1 Å². The molecule has 120 valence electrons. The average Bonchev–Trinajstić information content (AvgIpc) is 2.33. The van der Waals surface area contributed by atoms with Gasteiger partial charge in [-0.2, -0.15) is 13.2 Å². The van der Waals surface area contributed by atoms with E-state index in [1.54, 1.807) is 6.07 Å². The lowest BCUT2D eigenvalue weighted by atomic mass is 9.85. The van der Waals surface area contributed by atoms with E-state index in [0.717, 1.165) is 31.0 Å². The lowest BCUT2D eigenvalue weighted by Crippen LogP contribution is -2.35. The van der Waals surface area contributed by atoms with Gasteiger partial charge in [0.25, 0.3) is 0 Å². The van der Waals surface area contributed by atoms with Crippen molar-refractivity contribution in [1.82, 2.24) is 5.32 Å². The standard InChI is InChI=1S/C17H26F3N/c1-5-9-21-15(12-16(2,3)4)11-13-7-6-8-14(10-13)17(18,19)20/h6-8,10,15,21H,5,9,11-12H2,1-4H3. The van der Waals surface area contributed by atoms with Crippen LogP contribution in [0.3, 0.4) is 0 Å². The van der Waals surface area contributed by atoms with E-state index >= 15 is 0 Å². The number of hydrogen-bond donors (Lipinski definition) is 1. The molecule has 21 heavy (non-hydrogen) atoms. The van der Waals surface area contributed by atoms with Crippen LogP contribution in [0.1, 0.15) is 51.7 Å². The maximum atomic E-state index is 12.8. The summed E-state index contributed by atoms with van der Waals surface area (Å²) in [5.74, 6) is 0. The highest BCUT2D eigenvalue weighted by Crippen LogP contribution is 2.30. The molecule has 0 heterocycles. The van der Waals surface area contributed by atoms with Crippen LogP contribution >= 0.6 is 0 Å². The zero-order chi connectivity index (χ0) is 16.1. The monoisotopic (exact) mass is 301 g/mol. The van der Waals surface area contributed by atoms with Crippen molar-refractivity contribution in [3.63, 3.8) is 0 Å². The molecule has 0 fully saturated rings. The minimum atomic E-state index is -4.27. The number of nitrogens with one attached hydrogen (secondary N) is 1. The van der Waals surface area contributed by atoms with Gasteiger partial charge in [-0.3, -0.25) is 0 Å². The summed E-state index contributed by atoms with van der Waals surface area (Å²) in [7, 11) is 0. The fourth-order valence-corrected chi connectivity index (χ4v) is 2.46. The summed E-state index contributed by atoms with van der Waals surface area (Å²) in [6.45, 7) is 9.43. The van der Waals surface area contributed by atoms with Gasteiger partial charge in [0, 0.05) is 6.04 Å². The molecule has 0 radical (unpaired) electrons. The van der Waals surface area contributed by atoms with Gasteiger partial charge in [-0.05, 0) is 42.9 Å². The van der Waals surface area contributed by atoms with E-state index in [-0.39, 0.29) is 11.5 Å². The van der Waals surface area contributed by atoms with Gasteiger partial charge < -0.3 is 5.32 Å². The quantitative estimate of drug-likeness (QED) is 0.775. The van der Waals surface area contributed by atoms with Gasteiger partial charge in [0.2, 0.25) is 0 Å². The van der Waals surface area contributed by atoms with Crippen molar-refractivity contribution in [3.8, 4) is 0 Å². The third-order valence-corrected chi connectivity index (χ3v) is 3.28. The first kappa shape index (κ1) is 18.0. The summed E-state index contributed by atoms with van der Waals surface area (Å²) in [6, 6.07) is 5.86. The zero-order valence-corrected chi connectivity index (χ0v) is 13.3. The van der Waals surface area contributed by atoms with Crippen molar-refractivity contribution in [2.75, 3.05) is 6.54 Å². The minimum absolute atomic E-state index is 0.146. The van der Waals surface area contributed by atoms with Crippen molar-refractivity contribution in [1.29, 1.82) is 0 Å². The average molecular weight is 301 g/mol. The molecule has 0 aliphatic rings. The Kier molecular flexibility index (Phi) is 6.26. The first-order chi connectivity index (χ1) is 9.62. The van der Waals surface area contributed by atoms with Gasteiger partial charge in [0.05, 0.1) is 5.56 Å². The molecule has 1 nitrogen and oxygen atoms in total. The van der Waals surface area contributed by atoms with Crippen molar-refractivity contribution in [3.05, 3.63) is 35.4 Å². The van der Waals surface area contributed by atoms with Gasteiger partial charge in [0.15, 0.2) is 0 Å². The van der Waals surface area contributed by atoms with Gasteiger partial charge in [-0.25, -0.2) is 0 Å². The predicted molar refractivity (Wildman–Crippen MR) is 81.3 cm³/mol. The molecule has 1 aromatic carbocycles. The molecule has 0 saturated carbocycles. The highest BCUT2D eigenvalue weighted by Gasteiger charge is 2.30. The number of alkyl halides is 3. The maximum absolute atomic E-state index is 12.8. The largest absolute Gasteiger partial charge is 0.416 e. The van der Waals surface area contributed by atoms with Crippen molar-refractivity contribution < 1.29 is 13.2 Å². The SMILES string of the molecule is CCCNC(Cc1cccc(C(F)(F)F)c1)CC(C)(C)C.